The fraction of sp³-hybridized carbons (Fsp3) is 0.0833. The minimum Gasteiger partial charge on any atom is -0.416 e. The summed E-state index contributed by atoms with van der Waals surface area (Å²) in [7, 11) is 0. The van der Waals surface area contributed by atoms with E-state index in [4.69, 9.17) is 4.42 Å². The van der Waals surface area contributed by atoms with Crippen LogP contribution in [0.25, 0.3) is 22.9 Å². The third-order valence-electron chi connectivity index (χ3n) is 5.13. The summed E-state index contributed by atoms with van der Waals surface area (Å²) in [5, 5.41) is 8.19. The molecule has 6 nitrogen and oxygen atoms in total. The van der Waals surface area contributed by atoms with E-state index in [2.05, 4.69) is 10.2 Å². The monoisotopic (exact) mass is 395 g/mol. The van der Waals surface area contributed by atoms with Crippen molar-refractivity contribution in [2.24, 2.45) is 0 Å². The van der Waals surface area contributed by atoms with Gasteiger partial charge >= 0.3 is 0 Å². The SMILES string of the molecule is O=C1c2ccc(-c3nnc(-c4ccccc4)o3)cc2C(=O)N1CCc1ccccc1. The Bertz CT molecular complexity index is 1230. The highest BCUT2D eigenvalue weighted by molar-refractivity contribution is 6.21. The van der Waals surface area contributed by atoms with E-state index in [-0.39, 0.29) is 11.8 Å². The molecule has 146 valence electrons. The first-order valence-corrected chi connectivity index (χ1v) is 9.64. The molecule has 6 heteroatoms. The smallest absolute Gasteiger partial charge is 0.261 e. The average Bonchev–Trinajstić information content (AvgIpc) is 3.38. The standard InChI is InChI=1S/C24H17N3O3/c28-23-19-12-11-18(22-26-25-21(30-22)17-9-5-2-6-10-17)15-20(19)24(29)27(23)14-13-16-7-3-1-4-8-16/h1-12,15H,13-14H2. The van der Waals surface area contributed by atoms with Crippen molar-refractivity contribution in [1.82, 2.24) is 15.1 Å². The first-order valence-electron chi connectivity index (χ1n) is 9.64. The van der Waals surface area contributed by atoms with Gasteiger partial charge in [0.2, 0.25) is 11.8 Å². The van der Waals surface area contributed by atoms with Crippen LogP contribution in [0.5, 0.6) is 0 Å². The van der Waals surface area contributed by atoms with E-state index < -0.39 is 0 Å². The average molecular weight is 395 g/mol. The second kappa shape index (κ2) is 7.40. The molecule has 0 spiro atoms. The lowest BCUT2D eigenvalue weighted by Gasteiger charge is -2.13. The summed E-state index contributed by atoms with van der Waals surface area (Å²) in [6, 6.07) is 24.3. The molecule has 0 saturated heterocycles. The maximum atomic E-state index is 12.9. The lowest BCUT2D eigenvalue weighted by molar-refractivity contribution is 0.0656. The van der Waals surface area contributed by atoms with Gasteiger partial charge in [0.05, 0.1) is 11.1 Å². The van der Waals surface area contributed by atoms with Gasteiger partial charge < -0.3 is 4.42 Å². The molecule has 0 bridgehead atoms. The number of hydrogen-bond acceptors (Lipinski definition) is 5. The van der Waals surface area contributed by atoms with Gasteiger partial charge in [0.25, 0.3) is 11.8 Å². The Morgan fingerprint density at radius 3 is 2.07 bits per heavy atom. The molecule has 3 aromatic carbocycles. The molecule has 4 aromatic rings. The number of imide groups is 1. The van der Waals surface area contributed by atoms with Crippen molar-refractivity contribution < 1.29 is 14.0 Å². The Hall–Kier alpha value is -4.06. The van der Waals surface area contributed by atoms with Crippen LogP contribution in [0.1, 0.15) is 26.3 Å². The van der Waals surface area contributed by atoms with E-state index in [1.165, 1.54) is 4.90 Å². The van der Waals surface area contributed by atoms with Gasteiger partial charge in [0.15, 0.2) is 0 Å². The number of amides is 2. The van der Waals surface area contributed by atoms with Gasteiger partial charge in [0.1, 0.15) is 0 Å². The van der Waals surface area contributed by atoms with Crippen molar-refractivity contribution in [1.29, 1.82) is 0 Å². The lowest BCUT2D eigenvalue weighted by Crippen LogP contribution is -2.31. The summed E-state index contributed by atoms with van der Waals surface area (Å²) in [5.74, 6) is 0.140. The summed E-state index contributed by atoms with van der Waals surface area (Å²) in [6.45, 7) is 0.338. The highest BCUT2D eigenvalue weighted by Crippen LogP contribution is 2.29. The van der Waals surface area contributed by atoms with Crippen molar-refractivity contribution in [2.75, 3.05) is 6.54 Å². The van der Waals surface area contributed by atoms with Gasteiger partial charge in [0, 0.05) is 17.7 Å². The van der Waals surface area contributed by atoms with Crippen LogP contribution in [-0.4, -0.2) is 33.5 Å². The summed E-state index contributed by atoms with van der Waals surface area (Å²) in [6.07, 6.45) is 0.614. The van der Waals surface area contributed by atoms with Crippen molar-refractivity contribution in [3.8, 4) is 22.9 Å². The Morgan fingerprint density at radius 1 is 0.700 bits per heavy atom. The van der Waals surface area contributed by atoms with Gasteiger partial charge in [-0.1, -0.05) is 48.5 Å². The third-order valence-corrected chi connectivity index (χ3v) is 5.13. The molecule has 2 heterocycles. The first kappa shape index (κ1) is 18.0. The zero-order chi connectivity index (χ0) is 20.5. The van der Waals surface area contributed by atoms with Crippen LogP contribution in [0.15, 0.2) is 83.3 Å². The van der Waals surface area contributed by atoms with Gasteiger partial charge in [-0.25, -0.2) is 0 Å². The molecule has 1 aliphatic heterocycles. The van der Waals surface area contributed by atoms with E-state index in [1.54, 1.807) is 18.2 Å². The number of benzene rings is 3. The number of nitrogens with zero attached hydrogens (tertiary/aromatic N) is 3. The van der Waals surface area contributed by atoms with Crippen molar-refractivity contribution in [3.05, 3.63) is 95.6 Å². The molecule has 0 saturated carbocycles. The van der Waals surface area contributed by atoms with Gasteiger partial charge in [-0.15, -0.1) is 10.2 Å². The van der Waals surface area contributed by atoms with Crippen LogP contribution >= 0.6 is 0 Å². The normalized spacial score (nSPS) is 13.0. The fourth-order valence-electron chi connectivity index (χ4n) is 3.55. The quantitative estimate of drug-likeness (QED) is 0.473. The minimum atomic E-state index is -0.296. The summed E-state index contributed by atoms with van der Waals surface area (Å²) >= 11 is 0. The second-order valence-corrected chi connectivity index (χ2v) is 7.04. The number of fused-ring (bicyclic) bond motifs is 1. The minimum absolute atomic E-state index is 0.270. The Balaban J connectivity index is 1.39. The van der Waals surface area contributed by atoms with Crippen molar-refractivity contribution >= 4 is 11.8 Å². The van der Waals surface area contributed by atoms with Crippen LogP contribution in [-0.2, 0) is 6.42 Å². The highest BCUT2D eigenvalue weighted by atomic mass is 16.4. The molecule has 2 amide bonds. The molecule has 0 fully saturated rings. The largest absolute Gasteiger partial charge is 0.416 e. The zero-order valence-electron chi connectivity index (χ0n) is 16.0. The molecule has 0 radical (unpaired) electrons. The van der Waals surface area contributed by atoms with E-state index in [9.17, 15) is 9.59 Å². The molecular weight excluding hydrogens is 378 g/mol. The molecule has 0 N–H and O–H groups in total. The summed E-state index contributed by atoms with van der Waals surface area (Å²) in [5.41, 5.74) is 3.27. The fourth-order valence-corrected chi connectivity index (χ4v) is 3.55. The topological polar surface area (TPSA) is 76.3 Å². The molecular formula is C24H17N3O3. The molecule has 1 aromatic heterocycles. The molecule has 0 unspecified atom stereocenters. The van der Waals surface area contributed by atoms with E-state index in [0.717, 1.165) is 11.1 Å². The lowest BCUT2D eigenvalue weighted by atomic mass is 10.1. The number of carbonyl (C=O) groups excluding carboxylic acids is 2. The molecule has 30 heavy (non-hydrogen) atoms. The molecule has 0 aliphatic carbocycles. The molecule has 5 rings (SSSR count). The predicted molar refractivity (Wildman–Crippen MR) is 111 cm³/mol. The third kappa shape index (κ3) is 3.18. The molecule has 1 aliphatic rings. The maximum absolute atomic E-state index is 12.9. The van der Waals surface area contributed by atoms with Gasteiger partial charge in [-0.2, -0.15) is 0 Å². The van der Waals surface area contributed by atoms with Crippen LogP contribution in [0, 0.1) is 0 Å². The van der Waals surface area contributed by atoms with Crippen molar-refractivity contribution in [2.45, 2.75) is 6.42 Å². The van der Waals surface area contributed by atoms with Crippen LogP contribution in [0.3, 0.4) is 0 Å². The number of aromatic nitrogens is 2. The van der Waals surface area contributed by atoms with Crippen LogP contribution in [0.4, 0.5) is 0 Å². The summed E-state index contributed by atoms with van der Waals surface area (Å²) in [4.78, 5) is 26.9. The predicted octanol–water partition coefficient (Wildman–Crippen LogP) is 4.24. The van der Waals surface area contributed by atoms with Gasteiger partial charge in [-0.05, 0) is 42.3 Å². The second-order valence-electron chi connectivity index (χ2n) is 7.04. The molecule has 0 atom stereocenters. The van der Waals surface area contributed by atoms with E-state index in [1.807, 2.05) is 60.7 Å². The first-order chi connectivity index (χ1) is 14.7. The Labute approximate surface area is 172 Å². The van der Waals surface area contributed by atoms with E-state index in [0.29, 0.717) is 41.4 Å². The van der Waals surface area contributed by atoms with E-state index >= 15 is 0 Å². The van der Waals surface area contributed by atoms with Crippen LogP contribution < -0.4 is 0 Å². The Kier molecular flexibility index (Phi) is 4.44. The number of carbonyl (C=O) groups is 2. The Morgan fingerprint density at radius 2 is 1.33 bits per heavy atom. The number of rotatable bonds is 5. The number of hydrogen-bond donors (Lipinski definition) is 0. The zero-order valence-corrected chi connectivity index (χ0v) is 16.0. The van der Waals surface area contributed by atoms with Crippen molar-refractivity contribution in [3.63, 3.8) is 0 Å². The van der Waals surface area contributed by atoms with Crippen LogP contribution in [0.2, 0.25) is 0 Å². The summed E-state index contributed by atoms with van der Waals surface area (Å²) < 4.78 is 5.78. The van der Waals surface area contributed by atoms with Gasteiger partial charge in [-0.3, -0.25) is 14.5 Å². The highest BCUT2D eigenvalue weighted by Gasteiger charge is 2.35. The maximum Gasteiger partial charge on any atom is 0.261 e.